The number of rotatable bonds is 5. The van der Waals surface area contributed by atoms with Crippen LogP contribution in [0.4, 0.5) is 18.0 Å². The van der Waals surface area contributed by atoms with Crippen molar-refractivity contribution in [3.05, 3.63) is 18.5 Å². The summed E-state index contributed by atoms with van der Waals surface area (Å²) in [5, 5.41) is 8.54. The molecule has 1 fully saturated rings. The van der Waals surface area contributed by atoms with Crippen LogP contribution < -0.4 is 10.6 Å². The van der Waals surface area contributed by atoms with Crippen molar-refractivity contribution in [2.75, 3.05) is 19.8 Å². The van der Waals surface area contributed by atoms with Crippen molar-refractivity contribution >= 4 is 6.03 Å². The number of halogens is 3. The molecule has 0 unspecified atom stereocenters. The maximum Gasteiger partial charge on any atom is 0.411 e. The smallest absolute Gasteiger partial charge is 0.381 e. The van der Waals surface area contributed by atoms with E-state index in [1.54, 1.807) is 23.1 Å². The van der Waals surface area contributed by atoms with Gasteiger partial charge in [0, 0.05) is 51.5 Å². The minimum atomic E-state index is -4.50. The van der Waals surface area contributed by atoms with Crippen molar-refractivity contribution in [3.63, 3.8) is 0 Å². The first-order valence-corrected chi connectivity index (χ1v) is 7.11. The highest BCUT2D eigenvalue weighted by atomic mass is 19.4. The first kappa shape index (κ1) is 16.6. The van der Waals surface area contributed by atoms with E-state index >= 15 is 0 Å². The maximum absolute atomic E-state index is 13.2. The van der Waals surface area contributed by atoms with Gasteiger partial charge in [0.2, 0.25) is 0 Å². The molecule has 6 nitrogen and oxygen atoms in total. The number of alkyl halides is 3. The molecule has 1 saturated heterocycles. The van der Waals surface area contributed by atoms with Gasteiger partial charge < -0.3 is 15.4 Å². The third kappa shape index (κ3) is 4.12. The zero-order chi connectivity index (χ0) is 16.1. The summed E-state index contributed by atoms with van der Waals surface area (Å²) in [6.07, 6.45) is -1.03. The molecule has 2 rings (SSSR count). The van der Waals surface area contributed by atoms with Gasteiger partial charge >= 0.3 is 12.2 Å². The Hall–Kier alpha value is -1.77. The van der Waals surface area contributed by atoms with Gasteiger partial charge in [0.05, 0.1) is 0 Å². The van der Waals surface area contributed by atoms with Crippen LogP contribution in [0.25, 0.3) is 0 Å². The predicted octanol–water partition coefficient (Wildman–Crippen LogP) is 1.68. The Bertz CT molecular complexity index is 470. The highest BCUT2D eigenvalue weighted by molar-refractivity contribution is 5.74. The van der Waals surface area contributed by atoms with E-state index in [1.165, 1.54) is 0 Å². The van der Waals surface area contributed by atoms with Gasteiger partial charge in [-0.05, 0) is 12.5 Å². The van der Waals surface area contributed by atoms with Crippen molar-refractivity contribution in [3.8, 4) is 0 Å². The topological polar surface area (TPSA) is 68.2 Å². The molecule has 0 atom stereocenters. The zero-order valence-electron chi connectivity index (χ0n) is 12.0. The number of urea groups is 1. The van der Waals surface area contributed by atoms with Crippen LogP contribution in [0.3, 0.4) is 0 Å². The Kier molecular flexibility index (Phi) is 5.28. The summed E-state index contributed by atoms with van der Waals surface area (Å²) in [5.41, 5.74) is -2.20. The second-order valence-electron chi connectivity index (χ2n) is 5.20. The van der Waals surface area contributed by atoms with Crippen LogP contribution in [0.1, 0.15) is 19.3 Å². The second-order valence-corrected chi connectivity index (χ2v) is 5.20. The highest BCUT2D eigenvalue weighted by Gasteiger charge is 2.56. The van der Waals surface area contributed by atoms with Gasteiger partial charge in [0.25, 0.3) is 0 Å². The van der Waals surface area contributed by atoms with Crippen LogP contribution in [-0.4, -0.2) is 47.3 Å². The summed E-state index contributed by atoms with van der Waals surface area (Å²) in [4.78, 5) is 11.7. The van der Waals surface area contributed by atoms with Gasteiger partial charge in [-0.2, -0.15) is 18.3 Å². The number of amides is 2. The summed E-state index contributed by atoms with van der Waals surface area (Å²) in [6.45, 7) is 0.833. The first-order valence-electron chi connectivity index (χ1n) is 7.11. The molecule has 0 aromatic carbocycles. The van der Waals surface area contributed by atoms with E-state index in [0.717, 1.165) is 0 Å². The molecule has 0 radical (unpaired) electrons. The Labute approximate surface area is 126 Å². The number of hydrogen-bond acceptors (Lipinski definition) is 3. The summed E-state index contributed by atoms with van der Waals surface area (Å²) in [5.74, 6) is 0. The van der Waals surface area contributed by atoms with E-state index in [4.69, 9.17) is 4.74 Å². The van der Waals surface area contributed by atoms with Crippen LogP contribution in [0, 0.1) is 0 Å². The minimum Gasteiger partial charge on any atom is -0.381 e. The number of aryl methyl sites for hydroxylation is 1. The normalized spacial score (nSPS) is 18.0. The lowest BCUT2D eigenvalue weighted by molar-refractivity contribution is -0.212. The average molecular weight is 320 g/mol. The Morgan fingerprint density at radius 2 is 2.09 bits per heavy atom. The lowest BCUT2D eigenvalue weighted by Crippen LogP contribution is -2.63. The Morgan fingerprint density at radius 3 is 2.68 bits per heavy atom. The number of aromatic nitrogens is 2. The van der Waals surface area contributed by atoms with Gasteiger partial charge in [-0.15, -0.1) is 0 Å². The molecule has 2 N–H and O–H groups in total. The van der Waals surface area contributed by atoms with Crippen LogP contribution in [0.5, 0.6) is 0 Å². The number of carbonyl (C=O) groups is 1. The quantitative estimate of drug-likeness (QED) is 0.811. The van der Waals surface area contributed by atoms with E-state index in [9.17, 15) is 18.0 Å². The van der Waals surface area contributed by atoms with Crippen LogP contribution in [0.2, 0.25) is 0 Å². The summed E-state index contributed by atoms with van der Waals surface area (Å²) < 4.78 is 46.3. The SMILES string of the molecule is O=C(NCCCn1cccn1)NC1(C(F)(F)F)CCOCC1. The molecule has 124 valence electrons. The van der Waals surface area contributed by atoms with E-state index in [2.05, 4.69) is 15.7 Å². The standard InChI is InChI=1S/C13H19F3N4O2/c14-13(15,16)12(3-9-22-10-4-12)19-11(21)17-5-1-7-20-8-2-6-18-20/h2,6,8H,1,3-5,7,9-10H2,(H2,17,19,21). The van der Waals surface area contributed by atoms with Crippen LogP contribution in [-0.2, 0) is 11.3 Å². The molecule has 0 saturated carbocycles. The number of ether oxygens (including phenoxy) is 1. The predicted molar refractivity (Wildman–Crippen MR) is 72.2 cm³/mol. The number of hydrogen-bond donors (Lipinski definition) is 2. The van der Waals surface area contributed by atoms with Gasteiger partial charge in [-0.3, -0.25) is 4.68 Å². The van der Waals surface area contributed by atoms with E-state index in [-0.39, 0.29) is 32.6 Å². The molecule has 2 amide bonds. The lowest BCUT2D eigenvalue weighted by Gasteiger charge is -2.39. The summed E-state index contributed by atoms with van der Waals surface area (Å²) in [7, 11) is 0. The molecule has 22 heavy (non-hydrogen) atoms. The number of nitrogens with zero attached hydrogens (tertiary/aromatic N) is 2. The molecule has 0 bridgehead atoms. The molecule has 0 spiro atoms. The van der Waals surface area contributed by atoms with Gasteiger partial charge in [0.1, 0.15) is 5.54 Å². The van der Waals surface area contributed by atoms with Crippen molar-refractivity contribution < 1.29 is 22.7 Å². The average Bonchev–Trinajstić information content (AvgIpc) is 2.97. The monoisotopic (exact) mass is 320 g/mol. The van der Waals surface area contributed by atoms with Crippen LogP contribution in [0.15, 0.2) is 18.5 Å². The molecule has 0 aliphatic carbocycles. The van der Waals surface area contributed by atoms with Crippen LogP contribution >= 0.6 is 0 Å². The largest absolute Gasteiger partial charge is 0.411 e. The third-order valence-electron chi connectivity index (χ3n) is 3.65. The van der Waals surface area contributed by atoms with E-state index in [0.29, 0.717) is 13.0 Å². The first-order chi connectivity index (χ1) is 10.4. The Balaban J connectivity index is 1.78. The number of nitrogens with one attached hydrogen (secondary N) is 2. The zero-order valence-corrected chi connectivity index (χ0v) is 12.0. The fourth-order valence-electron chi connectivity index (χ4n) is 2.34. The Morgan fingerprint density at radius 1 is 1.36 bits per heavy atom. The summed E-state index contributed by atoms with van der Waals surface area (Å²) >= 11 is 0. The molecule has 9 heteroatoms. The molecule has 1 aromatic heterocycles. The van der Waals surface area contributed by atoms with Gasteiger partial charge in [-0.25, -0.2) is 4.79 Å². The van der Waals surface area contributed by atoms with E-state index < -0.39 is 17.7 Å². The fraction of sp³-hybridized carbons (Fsp3) is 0.692. The minimum absolute atomic E-state index is 0.0148. The number of carbonyl (C=O) groups excluding carboxylic acids is 1. The van der Waals surface area contributed by atoms with Crippen molar-refractivity contribution in [1.29, 1.82) is 0 Å². The van der Waals surface area contributed by atoms with Crippen molar-refractivity contribution in [2.45, 2.75) is 37.5 Å². The maximum atomic E-state index is 13.2. The summed E-state index contributed by atoms with van der Waals surface area (Å²) in [6, 6.07) is 0.970. The third-order valence-corrected chi connectivity index (χ3v) is 3.65. The van der Waals surface area contributed by atoms with Gasteiger partial charge in [0.15, 0.2) is 0 Å². The van der Waals surface area contributed by atoms with Crippen molar-refractivity contribution in [1.82, 2.24) is 20.4 Å². The molecular formula is C13H19F3N4O2. The molecule has 1 aliphatic heterocycles. The lowest BCUT2D eigenvalue weighted by atomic mass is 9.89. The molecule has 1 aromatic rings. The van der Waals surface area contributed by atoms with Gasteiger partial charge in [-0.1, -0.05) is 0 Å². The van der Waals surface area contributed by atoms with Crippen molar-refractivity contribution in [2.24, 2.45) is 0 Å². The molecule has 2 heterocycles. The second kappa shape index (κ2) is 6.99. The molecular weight excluding hydrogens is 301 g/mol. The fourth-order valence-corrected chi connectivity index (χ4v) is 2.34. The molecule has 1 aliphatic rings. The highest BCUT2D eigenvalue weighted by Crippen LogP contribution is 2.37. The van der Waals surface area contributed by atoms with E-state index in [1.807, 2.05) is 0 Å².